The second kappa shape index (κ2) is 8.60. The molecule has 2 unspecified atom stereocenters. The minimum atomic E-state index is -0.201. The van der Waals surface area contributed by atoms with Crippen molar-refractivity contribution in [1.29, 1.82) is 0 Å². The first-order valence-electron chi connectivity index (χ1n) is 6.87. The number of rotatable bonds is 8. The molecule has 0 bridgehead atoms. The molecule has 1 aromatic heterocycles. The highest BCUT2D eigenvalue weighted by Gasteiger charge is 2.17. The van der Waals surface area contributed by atoms with Crippen LogP contribution in [0.4, 0.5) is 4.79 Å². The van der Waals surface area contributed by atoms with E-state index in [2.05, 4.69) is 10.6 Å². The highest BCUT2D eigenvalue weighted by molar-refractivity contribution is 5.73. The Hall–Kier alpha value is -1.53. The van der Waals surface area contributed by atoms with E-state index in [0.29, 0.717) is 19.5 Å². The van der Waals surface area contributed by atoms with E-state index in [1.807, 2.05) is 38.1 Å². The molecule has 0 aliphatic heterocycles. The van der Waals surface area contributed by atoms with Crippen molar-refractivity contribution in [2.75, 3.05) is 33.8 Å². The molecule has 1 heterocycles. The van der Waals surface area contributed by atoms with Crippen LogP contribution < -0.4 is 10.6 Å². The third-order valence-electron chi connectivity index (χ3n) is 3.18. The van der Waals surface area contributed by atoms with Crippen LogP contribution in [0.25, 0.3) is 0 Å². The van der Waals surface area contributed by atoms with Gasteiger partial charge < -0.3 is 20.2 Å². The van der Waals surface area contributed by atoms with Crippen molar-refractivity contribution in [3.63, 3.8) is 0 Å². The van der Waals surface area contributed by atoms with E-state index in [-0.39, 0.29) is 24.6 Å². The Morgan fingerprint density at radius 2 is 2.10 bits per heavy atom. The van der Waals surface area contributed by atoms with E-state index in [4.69, 9.17) is 9.52 Å². The number of amides is 2. The number of carbonyl (C=O) groups excluding carboxylic acids is 1. The van der Waals surface area contributed by atoms with Crippen molar-refractivity contribution in [1.82, 2.24) is 15.5 Å². The van der Waals surface area contributed by atoms with Crippen LogP contribution in [-0.2, 0) is 0 Å². The van der Waals surface area contributed by atoms with E-state index in [1.54, 1.807) is 6.26 Å². The molecule has 6 nitrogen and oxygen atoms in total. The molecule has 0 fully saturated rings. The fourth-order valence-electron chi connectivity index (χ4n) is 1.86. The summed E-state index contributed by atoms with van der Waals surface area (Å²) in [5.74, 6) is 1.09. The molecule has 2 amide bonds. The van der Waals surface area contributed by atoms with Crippen molar-refractivity contribution in [3.05, 3.63) is 24.2 Å². The fraction of sp³-hybridized carbons (Fsp3) is 0.643. The maximum atomic E-state index is 11.7. The van der Waals surface area contributed by atoms with Crippen LogP contribution in [0.1, 0.15) is 25.1 Å². The van der Waals surface area contributed by atoms with Crippen LogP contribution in [-0.4, -0.2) is 49.8 Å². The van der Waals surface area contributed by atoms with Crippen LogP contribution in [0.5, 0.6) is 0 Å². The van der Waals surface area contributed by atoms with Crippen molar-refractivity contribution >= 4 is 6.03 Å². The number of aliphatic hydroxyl groups excluding tert-OH is 1. The van der Waals surface area contributed by atoms with Gasteiger partial charge in [-0.25, -0.2) is 4.79 Å². The van der Waals surface area contributed by atoms with Gasteiger partial charge in [0.15, 0.2) is 0 Å². The maximum Gasteiger partial charge on any atom is 0.314 e. The predicted octanol–water partition coefficient (Wildman–Crippen LogP) is 1.20. The first kappa shape index (κ1) is 16.5. The smallest absolute Gasteiger partial charge is 0.314 e. The average molecular weight is 283 g/mol. The summed E-state index contributed by atoms with van der Waals surface area (Å²) >= 11 is 0. The number of hydrogen-bond donors (Lipinski definition) is 3. The second-order valence-electron chi connectivity index (χ2n) is 5.20. The van der Waals surface area contributed by atoms with Crippen molar-refractivity contribution in [2.24, 2.45) is 5.92 Å². The summed E-state index contributed by atoms with van der Waals surface area (Å²) < 4.78 is 5.38. The Bertz CT molecular complexity index is 379. The monoisotopic (exact) mass is 283 g/mol. The number of furan rings is 1. The zero-order chi connectivity index (χ0) is 15.0. The maximum absolute atomic E-state index is 11.7. The number of urea groups is 1. The molecule has 1 rings (SSSR count). The Morgan fingerprint density at radius 1 is 1.40 bits per heavy atom. The molecular weight excluding hydrogens is 258 g/mol. The fourth-order valence-corrected chi connectivity index (χ4v) is 1.86. The summed E-state index contributed by atoms with van der Waals surface area (Å²) in [7, 11) is 3.88. The molecule has 114 valence electrons. The standard InChI is InChI=1S/C14H25N3O3/c1-11(6-7-18)9-15-14(19)16-10-12(17(2)3)13-5-4-8-20-13/h4-5,8,11-12,18H,6-7,9-10H2,1-3H3,(H2,15,16,19). The number of nitrogens with one attached hydrogen (secondary N) is 2. The lowest BCUT2D eigenvalue weighted by atomic mass is 10.1. The van der Waals surface area contributed by atoms with Gasteiger partial charge in [0.25, 0.3) is 0 Å². The summed E-state index contributed by atoms with van der Waals surface area (Å²) in [6.45, 7) is 3.16. The molecule has 0 spiro atoms. The highest BCUT2D eigenvalue weighted by Crippen LogP contribution is 2.17. The number of nitrogens with zero attached hydrogens (tertiary/aromatic N) is 1. The first-order valence-corrected chi connectivity index (χ1v) is 6.87. The van der Waals surface area contributed by atoms with Gasteiger partial charge in [0, 0.05) is 19.7 Å². The van der Waals surface area contributed by atoms with Gasteiger partial charge in [-0.05, 0) is 38.6 Å². The van der Waals surface area contributed by atoms with Gasteiger partial charge in [0.05, 0.1) is 12.3 Å². The van der Waals surface area contributed by atoms with Crippen molar-refractivity contribution in [2.45, 2.75) is 19.4 Å². The molecule has 6 heteroatoms. The third kappa shape index (κ3) is 5.63. The van der Waals surface area contributed by atoms with E-state index >= 15 is 0 Å². The van der Waals surface area contributed by atoms with Crippen LogP contribution in [0.2, 0.25) is 0 Å². The van der Waals surface area contributed by atoms with E-state index in [9.17, 15) is 4.79 Å². The van der Waals surface area contributed by atoms with Gasteiger partial charge in [-0.1, -0.05) is 6.92 Å². The number of hydrogen-bond acceptors (Lipinski definition) is 4. The van der Waals surface area contributed by atoms with Crippen LogP contribution in [0, 0.1) is 5.92 Å². The Kier molecular flexibility index (Phi) is 7.11. The molecule has 0 aliphatic carbocycles. The summed E-state index contributed by atoms with van der Waals surface area (Å²) in [6, 6.07) is 3.54. The molecule has 0 radical (unpaired) electrons. The SMILES string of the molecule is CC(CCO)CNC(=O)NCC(c1ccco1)N(C)C. The van der Waals surface area contributed by atoms with E-state index in [1.165, 1.54) is 0 Å². The normalized spacial score (nSPS) is 14.1. The average Bonchev–Trinajstić information content (AvgIpc) is 2.90. The Balaban J connectivity index is 2.35. The minimum Gasteiger partial charge on any atom is -0.468 e. The predicted molar refractivity (Wildman–Crippen MR) is 77.4 cm³/mol. The van der Waals surface area contributed by atoms with Gasteiger partial charge in [0.2, 0.25) is 0 Å². The summed E-state index contributed by atoms with van der Waals surface area (Å²) in [5, 5.41) is 14.4. The van der Waals surface area contributed by atoms with Crippen LogP contribution in [0.3, 0.4) is 0 Å². The topological polar surface area (TPSA) is 77.7 Å². The zero-order valence-corrected chi connectivity index (χ0v) is 12.4. The zero-order valence-electron chi connectivity index (χ0n) is 12.4. The molecule has 0 aromatic carbocycles. The summed E-state index contributed by atoms with van der Waals surface area (Å²) in [4.78, 5) is 13.7. The third-order valence-corrected chi connectivity index (χ3v) is 3.18. The lowest BCUT2D eigenvalue weighted by Crippen LogP contribution is -2.41. The van der Waals surface area contributed by atoms with Gasteiger partial charge >= 0.3 is 6.03 Å². The van der Waals surface area contributed by atoms with Gasteiger partial charge in [0.1, 0.15) is 5.76 Å². The van der Waals surface area contributed by atoms with Gasteiger partial charge in [-0.15, -0.1) is 0 Å². The minimum absolute atomic E-state index is 0.00520. The van der Waals surface area contributed by atoms with Crippen LogP contribution >= 0.6 is 0 Å². The molecular formula is C14H25N3O3. The largest absolute Gasteiger partial charge is 0.468 e. The van der Waals surface area contributed by atoms with Crippen LogP contribution in [0.15, 0.2) is 22.8 Å². The molecule has 0 saturated carbocycles. The summed E-state index contributed by atoms with van der Waals surface area (Å²) in [6.07, 6.45) is 2.31. The van der Waals surface area contributed by atoms with Gasteiger partial charge in [-0.3, -0.25) is 4.90 Å². The lowest BCUT2D eigenvalue weighted by Gasteiger charge is -2.22. The molecule has 0 aliphatic rings. The molecule has 0 saturated heterocycles. The Labute approximate surface area is 120 Å². The lowest BCUT2D eigenvalue weighted by molar-refractivity contribution is 0.221. The van der Waals surface area contributed by atoms with Crippen molar-refractivity contribution in [3.8, 4) is 0 Å². The number of aliphatic hydroxyl groups is 1. The quantitative estimate of drug-likeness (QED) is 0.670. The first-order chi connectivity index (χ1) is 9.54. The number of carbonyl (C=O) groups is 1. The van der Waals surface area contributed by atoms with E-state index in [0.717, 1.165) is 5.76 Å². The highest BCUT2D eigenvalue weighted by atomic mass is 16.3. The second-order valence-corrected chi connectivity index (χ2v) is 5.20. The molecule has 2 atom stereocenters. The summed E-state index contributed by atoms with van der Waals surface area (Å²) in [5.41, 5.74) is 0. The van der Waals surface area contributed by atoms with Crippen molar-refractivity contribution < 1.29 is 14.3 Å². The molecule has 20 heavy (non-hydrogen) atoms. The number of likely N-dealkylation sites (N-methyl/N-ethyl adjacent to an activating group) is 1. The van der Waals surface area contributed by atoms with E-state index < -0.39 is 0 Å². The molecule has 1 aromatic rings. The molecule has 3 N–H and O–H groups in total. The van der Waals surface area contributed by atoms with Gasteiger partial charge in [-0.2, -0.15) is 0 Å². The Morgan fingerprint density at radius 3 is 2.65 bits per heavy atom.